The fourth-order valence-electron chi connectivity index (χ4n) is 3.01. The van der Waals surface area contributed by atoms with Crippen LogP contribution >= 0.6 is 0 Å². The zero-order valence-electron chi connectivity index (χ0n) is 10.8. The van der Waals surface area contributed by atoms with Crippen LogP contribution in [0, 0.1) is 5.82 Å². The topological polar surface area (TPSA) is 18.5 Å². The number of nitrogens with one attached hydrogen (secondary N) is 1. The van der Waals surface area contributed by atoms with E-state index in [9.17, 15) is 4.39 Å². The van der Waals surface area contributed by atoms with Crippen LogP contribution in [0.1, 0.15) is 11.6 Å². The zero-order valence-corrected chi connectivity index (χ0v) is 10.8. The third kappa shape index (κ3) is 2.41. The van der Waals surface area contributed by atoms with Crippen molar-refractivity contribution in [2.24, 2.45) is 0 Å². The van der Waals surface area contributed by atoms with Gasteiger partial charge >= 0.3 is 0 Å². The third-order valence-corrected chi connectivity index (χ3v) is 4.08. The van der Waals surface area contributed by atoms with E-state index in [0.717, 1.165) is 38.3 Å². The van der Waals surface area contributed by atoms with Gasteiger partial charge in [0.25, 0.3) is 0 Å². The van der Waals surface area contributed by atoms with Crippen molar-refractivity contribution in [3.05, 3.63) is 35.6 Å². The zero-order chi connectivity index (χ0) is 12.5. The predicted octanol–water partition coefficient (Wildman–Crippen LogP) is 1.09. The molecule has 1 aromatic carbocycles. The Morgan fingerprint density at radius 2 is 2.17 bits per heavy atom. The highest BCUT2D eigenvalue weighted by molar-refractivity contribution is 5.21. The Labute approximate surface area is 108 Å². The molecule has 2 atom stereocenters. The molecule has 0 aliphatic carbocycles. The minimum absolute atomic E-state index is 0.144. The molecule has 0 saturated carbocycles. The maximum absolute atomic E-state index is 13.3. The molecule has 1 aromatic rings. The summed E-state index contributed by atoms with van der Waals surface area (Å²) in [6.07, 6.45) is 0. The molecule has 2 fully saturated rings. The van der Waals surface area contributed by atoms with Crippen LogP contribution in [0.25, 0.3) is 0 Å². The lowest BCUT2D eigenvalue weighted by Crippen LogP contribution is -2.61. The Balaban J connectivity index is 1.70. The maximum atomic E-state index is 13.3. The van der Waals surface area contributed by atoms with E-state index in [1.54, 1.807) is 12.1 Å². The van der Waals surface area contributed by atoms with Gasteiger partial charge in [0.15, 0.2) is 0 Å². The molecule has 0 spiro atoms. The first-order chi connectivity index (χ1) is 8.72. The van der Waals surface area contributed by atoms with Crippen molar-refractivity contribution in [1.29, 1.82) is 0 Å². The standard InChI is InChI=1S/C14H20FN3/c1-17-5-6-18-10-14(16-8-13(18)9-17)11-3-2-4-12(15)7-11/h2-4,7,13-14,16H,5-6,8-10H2,1H3. The van der Waals surface area contributed by atoms with E-state index in [2.05, 4.69) is 22.2 Å². The second-order valence-electron chi connectivity index (χ2n) is 5.43. The van der Waals surface area contributed by atoms with Crippen LogP contribution < -0.4 is 5.32 Å². The predicted molar refractivity (Wildman–Crippen MR) is 70.0 cm³/mol. The van der Waals surface area contributed by atoms with Gasteiger partial charge in [-0.1, -0.05) is 12.1 Å². The molecular formula is C14H20FN3. The summed E-state index contributed by atoms with van der Waals surface area (Å²) in [5.41, 5.74) is 1.06. The SMILES string of the molecule is CN1CCN2CC(c3cccc(F)c3)NCC2C1. The number of hydrogen-bond acceptors (Lipinski definition) is 3. The highest BCUT2D eigenvalue weighted by Crippen LogP contribution is 2.22. The minimum Gasteiger partial charge on any atom is -0.307 e. The molecule has 0 bridgehead atoms. The molecule has 2 aliphatic heterocycles. The number of nitrogens with zero attached hydrogens (tertiary/aromatic N) is 2. The summed E-state index contributed by atoms with van der Waals surface area (Å²) < 4.78 is 13.3. The molecule has 0 radical (unpaired) electrons. The van der Waals surface area contributed by atoms with E-state index in [0.29, 0.717) is 6.04 Å². The molecule has 2 unspecified atom stereocenters. The molecule has 2 aliphatic rings. The van der Waals surface area contributed by atoms with Gasteiger partial charge in [0.1, 0.15) is 5.82 Å². The summed E-state index contributed by atoms with van der Waals surface area (Å²) >= 11 is 0. The van der Waals surface area contributed by atoms with E-state index >= 15 is 0 Å². The molecule has 98 valence electrons. The number of likely N-dealkylation sites (N-methyl/N-ethyl adjacent to an activating group) is 1. The largest absolute Gasteiger partial charge is 0.307 e. The Bertz CT molecular complexity index is 423. The average molecular weight is 249 g/mol. The second kappa shape index (κ2) is 4.96. The number of rotatable bonds is 1. The smallest absolute Gasteiger partial charge is 0.123 e. The van der Waals surface area contributed by atoms with Crippen molar-refractivity contribution in [2.75, 3.05) is 39.8 Å². The van der Waals surface area contributed by atoms with Gasteiger partial charge in [0, 0.05) is 44.8 Å². The highest BCUT2D eigenvalue weighted by Gasteiger charge is 2.31. The van der Waals surface area contributed by atoms with Gasteiger partial charge in [-0.15, -0.1) is 0 Å². The van der Waals surface area contributed by atoms with E-state index in [1.165, 1.54) is 6.07 Å². The summed E-state index contributed by atoms with van der Waals surface area (Å²) in [7, 11) is 2.18. The van der Waals surface area contributed by atoms with Crippen molar-refractivity contribution in [1.82, 2.24) is 15.1 Å². The van der Waals surface area contributed by atoms with Crippen LogP contribution in [0.3, 0.4) is 0 Å². The number of benzene rings is 1. The van der Waals surface area contributed by atoms with E-state index in [-0.39, 0.29) is 11.9 Å². The molecule has 1 N–H and O–H groups in total. The molecule has 0 amide bonds. The van der Waals surface area contributed by atoms with Crippen LogP contribution in [0.5, 0.6) is 0 Å². The van der Waals surface area contributed by atoms with Crippen LogP contribution in [0.2, 0.25) is 0 Å². The molecule has 3 nitrogen and oxygen atoms in total. The number of hydrogen-bond donors (Lipinski definition) is 1. The lowest BCUT2D eigenvalue weighted by atomic mass is 10.00. The van der Waals surface area contributed by atoms with Gasteiger partial charge in [0.05, 0.1) is 0 Å². The maximum Gasteiger partial charge on any atom is 0.123 e. The summed E-state index contributed by atoms with van der Waals surface area (Å²) in [6, 6.07) is 7.83. The fourth-order valence-corrected chi connectivity index (χ4v) is 3.01. The summed E-state index contributed by atoms with van der Waals surface area (Å²) in [4.78, 5) is 4.91. The first kappa shape index (κ1) is 12.1. The van der Waals surface area contributed by atoms with Crippen molar-refractivity contribution < 1.29 is 4.39 Å². The molecule has 2 heterocycles. The van der Waals surface area contributed by atoms with Crippen LogP contribution in [0.4, 0.5) is 4.39 Å². The van der Waals surface area contributed by atoms with E-state index in [4.69, 9.17) is 0 Å². The first-order valence-corrected chi connectivity index (χ1v) is 6.64. The Hall–Kier alpha value is -0.970. The summed E-state index contributed by atoms with van der Waals surface area (Å²) in [5, 5.41) is 3.55. The van der Waals surface area contributed by atoms with Crippen molar-refractivity contribution in [2.45, 2.75) is 12.1 Å². The van der Waals surface area contributed by atoms with Crippen molar-refractivity contribution in [3.63, 3.8) is 0 Å². The Kier molecular flexibility index (Phi) is 3.33. The van der Waals surface area contributed by atoms with Gasteiger partial charge in [-0.25, -0.2) is 4.39 Å². The fraction of sp³-hybridized carbons (Fsp3) is 0.571. The van der Waals surface area contributed by atoms with Gasteiger partial charge in [-0.3, -0.25) is 4.90 Å². The third-order valence-electron chi connectivity index (χ3n) is 4.08. The molecule has 4 heteroatoms. The second-order valence-corrected chi connectivity index (χ2v) is 5.43. The number of halogens is 1. The van der Waals surface area contributed by atoms with Gasteiger partial charge in [0.2, 0.25) is 0 Å². The molecule has 0 aromatic heterocycles. The van der Waals surface area contributed by atoms with Crippen molar-refractivity contribution in [3.8, 4) is 0 Å². The van der Waals surface area contributed by atoms with Crippen LogP contribution in [-0.2, 0) is 0 Å². The van der Waals surface area contributed by atoms with E-state index < -0.39 is 0 Å². The quantitative estimate of drug-likeness (QED) is 0.803. The van der Waals surface area contributed by atoms with Gasteiger partial charge < -0.3 is 10.2 Å². The minimum atomic E-state index is -0.144. The van der Waals surface area contributed by atoms with Crippen LogP contribution in [0.15, 0.2) is 24.3 Å². The lowest BCUT2D eigenvalue weighted by Gasteiger charge is -2.46. The Morgan fingerprint density at radius 1 is 1.28 bits per heavy atom. The van der Waals surface area contributed by atoms with E-state index in [1.807, 2.05) is 6.07 Å². The summed E-state index contributed by atoms with van der Waals surface area (Å²) in [6.45, 7) is 5.36. The van der Waals surface area contributed by atoms with Crippen molar-refractivity contribution >= 4 is 0 Å². The molecular weight excluding hydrogens is 229 g/mol. The van der Waals surface area contributed by atoms with Gasteiger partial charge in [-0.05, 0) is 24.7 Å². The summed E-state index contributed by atoms with van der Waals surface area (Å²) in [5.74, 6) is -0.144. The highest BCUT2D eigenvalue weighted by atomic mass is 19.1. The first-order valence-electron chi connectivity index (χ1n) is 6.64. The Morgan fingerprint density at radius 3 is 3.00 bits per heavy atom. The molecule has 18 heavy (non-hydrogen) atoms. The van der Waals surface area contributed by atoms with Crippen LogP contribution in [-0.4, -0.2) is 55.6 Å². The molecule has 2 saturated heterocycles. The normalized spacial score (nSPS) is 30.1. The molecule has 3 rings (SSSR count). The monoisotopic (exact) mass is 249 g/mol. The number of fused-ring (bicyclic) bond motifs is 1. The lowest BCUT2D eigenvalue weighted by molar-refractivity contribution is 0.0538. The number of piperazine rings is 2. The average Bonchev–Trinajstić information content (AvgIpc) is 2.38. The van der Waals surface area contributed by atoms with Gasteiger partial charge in [-0.2, -0.15) is 0 Å².